The Labute approximate surface area is 95.5 Å². The predicted molar refractivity (Wildman–Crippen MR) is 64.3 cm³/mol. The van der Waals surface area contributed by atoms with Gasteiger partial charge in [-0.3, -0.25) is 0 Å². The van der Waals surface area contributed by atoms with E-state index in [0.717, 1.165) is 19.5 Å². The SMILES string of the molecule is CC1CN(CCc2cscn2)CCCN1. The minimum absolute atomic E-state index is 0.628. The number of rotatable bonds is 3. The Balaban J connectivity index is 1.78. The first-order valence-corrected chi connectivity index (χ1v) is 6.61. The molecule has 4 heteroatoms. The molecule has 2 heterocycles. The molecule has 2 rings (SSSR count). The zero-order chi connectivity index (χ0) is 10.5. The van der Waals surface area contributed by atoms with Crippen molar-refractivity contribution in [3.8, 4) is 0 Å². The molecule has 1 aromatic heterocycles. The van der Waals surface area contributed by atoms with Gasteiger partial charge in [0.1, 0.15) is 0 Å². The first-order valence-electron chi connectivity index (χ1n) is 5.67. The summed E-state index contributed by atoms with van der Waals surface area (Å²) >= 11 is 1.69. The first kappa shape index (κ1) is 11.0. The summed E-state index contributed by atoms with van der Waals surface area (Å²) in [4.78, 5) is 6.86. The third kappa shape index (κ3) is 3.55. The summed E-state index contributed by atoms with van der Waals surface area (Å²) in [6.07, 6.45) is 2.36. The number of nitrogens with one attached hydrogen (secondary N) is 1. The Morgan fingerprint density at radius 3 is 3.40 bits per heavy atom. The molecule has 1 aromatic rings. The maximum atomic E-state index is 4.32. The van der Waals surface area contributed by atoms with Crippen molar-refractivity contribution in [2.24, 2.45) is 0 Å². The highest BCUT2D eigenvalue weighted by molar-refractivity contribution is 7.07. The minimum Gasteiger partial charge on any atom is -0.313 e. The Hall–Kier alpha value is -0.450. The molecule has 1 aliphatic heterocycles. The van der Waals surface area contributed by atoms with Gasteiger partial charge in [0.15, 0.2) is 0 Å². The lowest BCUT2D eigenvalue weighted by Crippen LogP contribution is -2.36. The Morgan fingerprint density at radius 2 is 2.60 bits per heavy atom. The topological polar surface area (TPSA) is 28.2 Å². The van der Waals surface area contributed by atoms with Gasteiger partial charge in [-0.1, -0.05) is 0 Å². The van der Waals surface area contributed by atoms with Crippen molar-refractivity contribution < 1.29 is 0 Å². The average molecular weight is 225 g/mol. The van der Waals surface area contributed by atoms with Gasteiger partial charge in [0.2, 0.25) is 0 Å². The van der Waals surface area contributed by atoms with Gasteiger partial charge in [-0.2, -0.15) is 0 Å². The maximum absolute atomic E-state index is 4.32. The third-order valence-corrected chi connectivity index (χ3v) is 3.48. The molecule has 1 aliphatic rings. The monoisotopic (exact) mass is 225 g/mol. The molecule has 1 N–H and O–H groups in total. The Bertz CT molecular complexity index is 273. The summed E-state index contributed by atoms with van der Waals surface area (Å²) in [5.41, 5.74) is 3.16. The maximum Gasteiger partial charge on any atom is 0.0794 e. The zero-order valence-electron chi connectivity index (χ0n) is 9.28. The van der Waals surface area contributed by atoms with Gasteiger partial charge in [0.05, 0.1) is 11.2 Å². The van der Waals surface area contributed by atoms with Gasteiger partial charge >= 0.3 is 0 Å². The normalized spacial score (nSPS) is 23.9. The molecular weight excluding hydrogens is 206 g/mol. The van der Waals surface area contributed by atoms with Gasteiger partial charge in [-0.15, -0.1) is 11.3 Å². The molecule has 1 unspecified atom stereocenters. The fourth-order valence-electron chi connectivity index (χ4n) is 2.03. The summed E-state index contributed by atoms with van der Waals surface area (Å²) in [6, 6.07) is 0.628. The zero-order valence-corrected chi connectivity index (χ0v) is 10.1. The van der Waals surface area contributed by atoms with E-state index in [1.807, 2.05) is 5.51 Å². The highest BCUT2D eigenvalue weighted by Crippen LogP contribution is 2.05. The molecule has 1 saturated heterocycles. The van der Waals surface area contributed by atoms with Crippen LogP contribution in [0.3, 0.4) is 0 Å². The predicted octanol–water partition coefficient (Wildman–Crippen LogP) is 1.37. The van der Waals surface area contributed by atoms with Crippen molar-refractivity contribution in [3.05, 3.63) is 16.6 Å². The molecule has 3 nitrogen and oxygen atoms in total. The molecule has 0 radical (unpaired) electrons. The van der Waals surface area contributed by atoms with Crippen molar-refractivity contribution in [3.63, 3.8) is 0 Å². The molecule has 84 valence electrons. The fourth-order valence-corrected chi connectivity index (χ4v) is 2.62. The second-order valence-corrected chi connectivity index (χ2v) is 4.96. The summed E-state index contributed by atoms with van der Waals surface area (Å²) in [6.45, 7) is 6.97. The van der Waals surface area contributed by atoms with Crippen LogP contribution in [0.2, 0.25) is 0 Å². The standard InChI is InChI=1S/C11H19N3S/c1-10-7-14(5-2-4-12-10)6-3-11-8-15-9-13-11/h8-10,12H,2-7H2,1H3. The van der Waals surface area contributed by atoms with Crippen molar-refractivity contribution in [1.29, 1.82) is 0 Å². The summed E-state index contributed by atoms with van der Waals surface area (Å²) in [5, 5.41) is 5.66. The largest absolute Gasteiger partial charge is 0.313 e. The van der Waals surface area contributed by atoms with E-state index < -0.39 is 0 Å². The highest BCUT2D eigenvalue weighted by atomic mass is 32.1. The molecule has 0 amide bonds. The molecule has 15 heavy (non-hydrogen) atoms. The van der Waals surface area contributed by atoms with Crippen LogP contribution in [0.15, 0.2) is 10.9 Å². The Kier molecular flexibility index (Phi) is 4.11. The number of aromatic nitrogens is 1. The van der Waals surface area contributed by atoms with Gasteiger partial charge < -0.3 is 10.2 Å². The fraction of sp³-hybridized carbons (Fsp3) is 0.727. The molecule has 0 spiro atoms. The van der Waals surface area contributed by atoms with E-state index in [1.54, 1.807) is 11.3 Å². The second-order valence-electron chi connectivity index (χ2n) is 4.24. The number of nitrogens with zero attached hydrogens (tertiary/aromatic N) is 2. The van der Waals surface area contributed by atoms with E-state index in [9.17, 15) is 0 Å². The van der Waals surface area contributed by atoms with Crippen molar-refractivity contribution >= 4 is 11.3 Å². The molecule has 0 aromatic carbocycles. The summed E-state index contributed by atoms with van der Waals surface area (Å²) < 4.78 is 0. The first-order chi connectivity index (χ1) is 7.34. The lowest BCUT2D eigenvalue weighted by Gasteiger charge is -2.21. The van der Waals surface area contributed by atoms with Crippen LogP contribution >= 0.6 is 11.3 Å². The van der Waals surface area contributed by atoms with Crippen LogP contribution in [0.5, 0.6) is 0 Å². The van der Waals surface area contributed by atoms with Crippen molar-refractivity contribution in [1.82, 2.24) is 15.2 Å². The molecule has 1 atom stereocenters. The molecular formula is C11H19N3S. The van der Waals surface area contributed by atoms with Crippen LogP contribution < -0.4 is 5.32 Å². The number of hydrogen-bond acceptors (Lipinski definition) is 4. The quantitative estimate of drug-likeness (QED) is 0.842. The van der Waals surface area contributed by atoms with Gasteiger partial charge in [0, 0.05) is 30.9 Å². The van der Waals surface area contributed by atoms with E-state index >= 15 is 0 Å². The second kappa shape index (κ2) is 5.58. The summed E-state index contributed by atoms with van der Waals surface area (Å²) in [7, 11) is 0. The molecule has 0 aliphatic carbocycles. The van der Waals surface area contributed by atoms with E-state index in [2.05, 4.69) is 27.5 Å². The van der Waals surface area contributed by atoms with Crippen LogP contribution in [-0.2, 0) is 6.42 Å². The van der Waals surface area contributed by atoms with Gasteiger partial charge in [-0.25, -0.2) is 4.98 Å². The lowest BCUT2D eigenvalue weighted by molar-refractivity contribution is 0.275. The van der Waals surface area contributed by atoms with Crippen LogP contribution in [-0.4, -0.2) is 42.1 Å². The minimum atomic E-state index is 0.628. The van der Waals surface area contributed by atoms with Crippen LogP contribution in [0, 0.1) is 0 Å². The highest BCUT2D eigenvalue weighted by Gasteiger charge is 2.13. The van der Waals surface area contributed by atoms with Crippen LogP contribution in [0.4, 0.5) is 0 Å². The third-order valence-electron chi connectivity index (χ3n) is 2.84. The van der Waals surface area contributed by atoms with E-state index in [1.165, 1.54) is 25.2 Å². The van der Waals surface area contributed by atoms with Crippen molar-refractivity contribution in [2.75, 3.05) is 26.2 Å². The molecule has 0 saturated carbocycles. The van der Waals surface area contributed by atoms with E-state index in [4.69, 9.17) is 0 Å². The molecule has 1 fully saturated rings. The van der Waals surface area contributed by atoms with Crippen LogP contribution in [0.1, 0.15) is 19.0 Å². The average Bonchev–Trinajstić information content (AvgIpc) is 2.65. The Morgan fingerprint density at radius 1 is 1.67 bits per heavy atom. The van der Waals surface area contributed by atoms with E-state index in [-0.39, 0.29) is 0 Å². The van der Waals surface area contributed by atoms with Crippen LogP contribution in [0.25, 0.3) is 0 Å². The summed E-state index contributed by atoms with van der Waals surface area (Å²) in [5.74, 6) is 0. The van der Waals surface area contributed by atoms with Crippen molar-refractivity contribution in [2.45, 2.75) is 25.8 Å². The molecule has 0 bridgehead atoms. The smallest absolute Gasteiger partial charge is 0.0794 e. The lowest BCUT2D eigenvalue weighted by atomic mass is 10.2. The van der Waals surface area contributed by atoms with Gasteiger partial charge in [-0.05, 0) is 26.4 Å². The van der Waals surface area contributed by atoms with E-state index in [0.29, 0.717) is 6.04 Å². The number of hydrogen-bond donors (Lipinski definition) is 1. The number of thiazole rings is 1. The van der Waals surface area contributed by atoms with Gasteiger partial charge in [0.25, 0.3) is 0 Å².